The van der Waals surface area contributed by atoms with Crippen LogP contribution in [0.3, 0.4) is 0 Å². The number of hydrogen-bond donors (Lipinski definition) is 6. The second-order valence-electron chi connectivity index (χ2n) is 7.42. The van der Waals surface area contributed by atoms with Crippen LogP contribution in [-0.2, 0) is 15.2 Å². The molecule has 0 bridgehead atoms. The Bertz CT molecular complexity index is 1240. The lowest BCUT2D eigenvalue weighted by molar-refractivity contribution is -0.133. The molecule has 0 radical (unpaired) electrons. The van der Waals surface area contributed by atoms with Gasteiger partial charge in [-0.3, -0.25) is 9.59 Å². The summed E-state index contributed by atoms with van der Waals surface area (Å²) < 4.78 is 0. The maximum atomic E-state index is 12.3. The first-order valence-corrected chi connectivity index (χ1v) is 10.6. The Hall–Kier alpha value is -4.88. The van der Waals surface area contributed by atoms with Gasteiger partial charge in [-0.15, -0.1) is 0 Å². The van der Waals surface area contributed by atoms with Crippen molar-refractivity contribution in [1.29, 1.82) is 5.26 Å². The SMILES string of the molecule is CNc1ccccc1.N#CCC1(O)C(=O)Nc2c(NC(=O)Nc3ccccc3)cc(NC=O)cc21. The number of carbonyl (C=O) groups is 3. The summed E-state index contributed by atoms with van der Waals surface area (Å²) in [5.41, 5.74) is 0.301. The fourth-order valence-corrected chi connectivity index (χ4v) is 3.39. The van der Waals surface area contributed by atoms with Crippen LogP contribution in [0.5, 0.6) is 0 Å². The van der Waals surface area contributed by atoms with E-state index in [-0.39, 0.29) is 22.6 Å². The van der Waals surface area contributed by atoms with Gasteiger partial charge in [0.05, 0.1) is 23.9 Å². The van der Waals surface area contributed by atoms with Gasteiger partial charge in [-0.1, -0.05) is 36.4 Å². The highest BCUT2D eigenvalue weighted by atomic mass is 16.3. The monoisotopic (exact) mass is 472 g/mol. The van der Waals surface area contributed by atoms with Crippen LogP contribution >= 0.6 is 0 Å². The van der Waals surface area contributed by atoms with Crippen LogP contribution in [0.25, 0.3) is 0 Å². The van der Waals surface area contributed by atoms with E-state index in [0.29, 0.717) is 12.1 Å². The number of nitrogens with one attached hydrogen (secondary N) is 5. The Kier molecular flexibility index (Phi) is 8.00. The average Bonchev–Trinajstić information content (AvgIpc) is 3.11. The Morgan fingerprint density at radius 1 is 1.03 bits per heavy atom. The molecule has 0 fully saturated rings. The third-order valence-corrected chi connectivity index (χ3v) is 5.10. The number of aliphatic hydroxyl groups is 1. The Morgan fingerprint density at radius 3 is 2.20 bits per heavy atom. The fraction of sp³-hybridized carbons (Fsp3) is 0.120. The summed E-state index contributed by atoms with van der Waals surface area (Å²) in [6.45, 7) is 0. The van der Waals surface area contributed by atoms with Crippen molar-refractivity contribution in [1.82, 2.24) is 0 Å². The number of rotatable bonds is 6. The molecule has 10 heteroatoms. The molecular formula is C25H24N6O4. The average molecular weight is 473 g/mol. The molecule has 0 aromatic heterocycles. The zero-order valence-corrected chi connectivity index (χ0v) is 18.8. The number of benzene rings is 3. The summed E-state index contributed by atoms with van der Waals surface area (Å²) in [5, 5.41) is 32.7. The zero-order valence-electron chi connectivity index (χ0n) is 18.8. The Morgan fingerprint density at radius 2 is 1.66 bits per heavy atom. The third kappa shape index (κ3) is 5.93. The van der Waals surface area contributed by atoms with E-state index in [4.69, 9.17) is 5.26 Å². The summed E-state index contributed by atoms with van der Waals surface area (Å²) in [6, 6.07) is 22.8. The summed E-state index contributed by atoms with van der Waals surface area (Å²) in [4.78, 5) is 35.3. The maximum Gasteiger partial charge on any atom is 0.323 e. The molecule has 178 valence electrons. The fourth-order valence-electron chi connectivity index (χ4n) is 3.39. The predicted octanol–water partition coefficient (Wildman–Crippen LogP) is 3.68. The lowest BCUT2D eigenvalue weighted by Crippen LogP contribution is -2.33. The highest BCUT2D eigenvalue weighted by Gasteiger charge is 2.46. The molecule has 4 rings (SSSR count). The molecule has 1 unspecified atom stereocenters. The third-order valence-electron chi connectivity index (χ3n) is 5.10. The normalized spacial score (nSPS) is 15.3. The Balaban J connectivity index is 0.000000363. The quantitative estimate of drug-likeness (QED) is 0.301. The van der Waals surface area contributed by atoms with Gasteiger partial charge < -0.3 is 31.7 Å². The van der Waals surface area contributed by atoms with E-state index in [0.717, 1.165) is 5.69 Å². The first kappa shape index (κ1) is 24.8. The molecular weight excluding hydrogens is 448 g/mol. The van der Waals surface area contributed by atoms with Gasteiger partial charge >= 0.3 is 6.03 Å². The molecule has 1 heterocycles. The minimum absolute atomic E-state index is 0.0934. The number of para-hydroxylation sites is 2. The lowest BCUT2D eigenvalue weighted by Gasteiger charge is -2.18. The van der Waals surface area contributed by atoms with Crippen LogP contribution in [-0.4, -0.2) is 30.5 Å². The summed E-state index contributed by atoms with van der Waals surface area (Å²) in [7, 11) is 1.91. The van der Waals surface area contributed by atoms with E-state index in [1.165, 1.54) is 12.1 Å². The van der Waals surface area contributed by atoms with E-state index < -0.39 is 24.0 Å². The molecule has 0 spiro atoms. The highest BCUT2D eigenvalue weighted by molar-refractivity contribution is 6.12. The van der Waals surface area contributed by atoms with E-state index in [9.17, 15) is 19.5 Å². The molecule has 0 saturated heterocycles. The van der Waals surface area contributed by atoms with Gasteiger partial charge in [0.1, 0.15) is 0 Å². The van der Waals surface area contributed by atoms with Crippen molar-refractivity contribution in [3.63, 3.8) is 0 Å². The van der Waals surface area contributed by atoms with E-state index in [1.54, 1.807) is 36.4 Å². The van der Waals surface area contributed by atoms with Gasteiger partial charge in [0.2, 0.25) is 6.41 Å². The van der Waals surface area contributed by atoms with Crippen LogP contribution in [0.1, 0.15) is 12.0 Å². The van der Waals surface area contributed by atoms with Gasteiger partial charge in [0.15, 0.2) is 5.60 Å². The minimum Gasteiger partial charge on any atom is -0.388 e. The Labute approximate surface area is 202 Å². The largest absolute Gasteiger partial charge is 0.388 e. The van der Waals surface area contributed by atoms with E-state index >= 15 is 0 Å². The predicted molar refractivity (Wildman–Crippen MR) is 134 cm³/mol. The standard InChI is InChI=1S/C18H15N5O4.C7H9N/c19-7-6-18(27)13-8-12(20-10-24)9-14(15(13)23-16(18)25)22-17(26)21-11-4-2-1-3-5-11;1-8-7-5-3-2-4-6-7/h1-5,8-10,27H,6H2,(H,20,24)(H,23,25)(H2,21,22,26);2-6,8H,1H3. The van der Waals surface area contributed by atoms with Gasteiger partial charge in [0.25, 0.3) is 5.91 Å². The molecule has 0 saturated carbocycles. The van der Waals surface area contributed by atoms with Crippen LogP contribution in [0.15, 0.2) is 72.8 Å². The number of carbonyl (C=O) groups excluding carboxylic acids is 3. The van der Waals surface area contributed by atoms with Crippen molar-refractivity contribution in [3.8, 4) is 6.07 Å². The summed E-state index contributed by atoms with van der Waals surface area (Å²) >= 11 is 0. The highest BCUT2D eigenvalue weighted by Crippen LogP contribution is 2.44. The van der Waals surface area contributed by atoms with Crippen molar-refractivity contribution in [3.05, 3.63) is 78.4 Å². The summed E-state index contributed by atoms with van der Waals surface area (Å²) in [5.74, 6) is -0.783. The van der Waals surface area contributed by atoms with Crippen LogP contribution in [0.2, 0.25) is 0 Å². The van der Waals surface area contributed by atoms with Crippen molar-refractivity contribution in [2.75, 3.05) is 33.6 Å². The number of hydrogen-bond acceptors (Lipinski definition) is 6. The van der Waals surface area contributed by atoms with Crippen LogP contribution < -0.4 is 26.6 Å². The molecule has 10 nitrogen and oxygen atoms in total. The lowest BCUT2D eigenvalue weighted by atomic mass is 9.91. The van der Waals surface area contributed by atoms with Crippen LogP contribution in [0.4, 0.5) is 33.2 Å². The van der Waals surface area contributed by atoms with Gasteiger partial charge in [0, 0.05) is 29.7 Å². The van der Waals surface area contributed by atoms with Gasteiger partial charge in [-0.25, -0.2) is 4.79 Å². The number of nitriles is 1. The molecule has 1 aliphatic rings. The van der Waals surface area contributed by atoms with Crippen molar-refractivity contribution in [2.24, 2.45) is 0 Å². The number of amides is 4. The topological polar surface area (TPSA) is 155 Å². The van der Waals surface area contributed by atoms with Crippen molar-refractivity contribution < 1.29 is 19.5 Å². The number of nitrogens with zero attached hydrogens (tertiary/aromatic N) is 1. The molecule has 1 aliphatic heterocycles. The first-order chi connectivity index (χ1) is 16.9. The second-order valence-corrected chi connectivity index (χ2v) is 7.42. The first-order valence-electron chi connectivity index (χ1n) is 10.6. The molecule has 6 N–H and O–H groups in total. The molecule has 4 amide bonds. The molecule has 3 aromatic carbocycles. The maximum absolute atomic E-state index is 12.3. The van der Waals surface area contributed by atoms with Crippen molar-refractivity contribution >= 4 is 46.8 Å². The molecule has 1 atom stereocenters. The van der Waals surface area contributed by atoms with Gasteiger partial charge in [-0.2, -0.15) is 5.26 Å². The number of anilines is 5. The molecule has 35 heavy (non-hydrogen) atoms. The number of urea groups is 1. The minimum atomic E-state index is -2.07. The van der Waals surface area contributed by atoms with E-state index in [1.807, 2.05) is 37.4 Å². The van der Waals surface area contributed by atoms with Crippen LogP contribution in [0, 0.1) is 11.3 Å². The second kappa shape index (κ2) is 11.3. The zero-order chi connectivity index (χ0) is 25.3. The number of fused-ring (bicyclic) bond motifs is 1. The van der Waals surface area contributed by atoms with E-state index in [2.05, 4.69) is 26.6 Å². The van der Waals surface area contributed by atoms with Gasteiger partial charge in [-0.05, 0) is 36.4 Å². The molecule has 3 aromatic rings. The summed E-state index contributed by atoms with van der Waals surface area (Å²) in [6.07, 6.45) is -0.0604. The smallest absolute Gasteiger partial charge is 0.323 e. The molecule has 0 aliphatic carbocycles. The van der Waals surface area contributed by atoms with Crippen molar-refractivity contribution in [2.45, 2.75) is 12.0 Å².